The molecule has 2 heteroatoms. The van der Waals surface area contributed by atoms with Crippen LogP contribution in [0.2, 0.25) is 0 Å². The number of piperidine rings is 2. The molecule has 2 nitrogen and oxygen atoms in total. The van der Waals surface area contributed by atoms with E-state index < -0.39 is 0 Å². The highest BCUT2D eigenvalue weighted by molar-refractivity contribution is 4.65. The summed E-state index contributed by atoms with van der Waals surface area (Å²) in [6, 6.07) is 1.88. The third-order valence-corrected chi connectivity index (χ3v) is 5.43. The quantitative estimate of drug-likeness (QED) is 0.695. The summed E-state index contributed by atoms with van der Waals surface area (Å²) in [4.78, 5) is 3.81. The molecule has 2 rings (SSSR count). The van der Waals surface area contributed by atoms with Crippen molar-refractivity contribution in [1.29, 1.82) is 0 Å². The molecule has 2 aliphatic heterocycles. The van der Waals surface area contributed by atoms with Crippen molar-refractivity contribution in [3.05, 3.63) is 0 Å². The van der Waals surface area contributed by atoms with Crippen molar-refractivity contribution >= 4 is 0 Å². The molecule has 100 valence electrons. The summed E-state index contributed by atoms with van der Waals surface area (Å²) in [5.74, 6) is 0.990. The predicted octanol–water partition coefficient (Wildman–Crippen LogP) is 0.147. The van der Waals surface area contributed by atoms with Gasteiger partial charge < -0.3 is 9.80 Å². The van der Waals surface area contributed by atoms with Crippen LogP contribution >= 0.6 is 0 Å². The van der Waals surface area contributed by atoms with Gasteiger partial charge in [0.1, 0.15) is 0 Å². The lowest BCUT2D eigenvalue weighted by Gasteiger charge is -2.38. The first-order chi connectivity index (χ1) is 8.20. The van der Waals surface area contributed by atoms with Gasteiger partial charge in [0.15, 0.2) is 0 Å². The molecule has 0 amide bonds. The van der Waals surface area contributed by atoms with Gasteiger partial charge in [-0.25, -0.2) is 0 Å². The highest BCUT2D eigenvalue weighted by atomic mass is 15.2. The Morgan fingerprint density at radius 1 is 1.00 bits per heavy atom. The molecule has 2 N–H and O–H groups in total. The van der Waals surface area contributed by atoms with E-state index in [9.17, 15) is 0 Å². The van der Waals surface area contributed by atoms with E-state index in [1.807, 2.05) is 9.80 Å². The van der Waals surface area contributed by atoms with Crippen molar-refractivity contribution < 1.29 is 9.80 Å². The van der Waals surface area contributed by atoms with Crippen LogP contribution in [0.15, 0.2) is 0 Å². The molecule has 0 bridgehead atoms. The fourth-order valence-corrected chi connectivity index (χ4v) is 3.72. The SMILES string of the molecule is CC[C@@H](C)[NH+]1CCC([NH+]2CCC(C)CC2)CC1. The van der Waals surface area contributed by atoms with E-state index in [4.69, 9.17) is 0 Å². The average Bonchev–Trinajstić information content (AvgIpc) is 2.39. The molecule has 2 fully saturated rings. The lowest BCUT2D eigenvalue weighted by molar-refractivity contribution is -0.970. The maximum absolute atomic E-state index is 2.42. The number of hydrogen-bond acceptors (Lipinski definition) is 0. The van der Waals surface area contributed by atoms with Crippen molar-refractivity contribution in [2.24, 2.45) is 5.92 Å². The van der Waals surface area contributed by atoms with E-state index in [1.165, 1.54) is 58.3 Å². The van der Waals surface area contributed by atoms with E-state index >= 15 is 0 Å². The summed E-state index contributed by atoms with van der Waals surface area (Å²) < 4.78 is 0. The first kappa shape index (κ1) is 13.4. The molecule has 2 saturated heterocycles. The maximum atomic E-state index is 2.42. The van der Waals surface area contributed by atoms with Gasteiger partial charge in [0.2, 0.25) is 0 Å². The van der Waals surface area contributed by atoms with Gasteiger partial charge in [-0.05, 0) is 32.1 Å². The second-order valence-corrected chi connectivity index (χ2v) is 6.58. The van der Waals surface area contributed by atoms with Gasteiger partial charge in [0.25, 0.3) is 0 Å². The summed E-state index contributed by atoms with van der Waals surface area (Å²) in [6.45, 7) is 12.9. The fraction of sp³-hybridized carbons (Fsp3) is 1.00. The van der Waals surface area contributed by atoms with Gasteiger partial charge in [-0.1, -0.05) is 13.8 Å². The Morgan fingerprint density at radius 3 is 2.12 bits per heavy atom. The van der Waals surface area contributed by atoms with Crippen LogP contribution in [0.3, 0.4) is 0 Å². The minimum Gasteiger partial charge on any atom is -0.332 e. The summed E-state index contributed by atoms with van der Waals surface area (Å²) in [5, 5.41) is 0. The average molecular weight is 240 g/mol. The van der Waals surface area contributed by atoms with Crippen LogP contribution < -0.4 is 9.80 Å². The van der Waals surface area contributed by atoms with Crippen molar-refractivity contribution in [2.75, 3.05) is 26.2 Å². The molecule has 0 spiro atoms. The zero-order valence-electron chi connectivity index (χ0n) is 12.1. The molecule has 0 saturated carbocycles. The molecule has 0 aromatic heterocycles. The lowest BCUT2D eigenvalue weighted by Crippen LogP contribution is -3.22. The van der Waals surface area contributed by atoms with Gasteiger partial charge >= 0.3 is 0 Å². The first-order valence-corrected chi connectivity index (χ1v) is 7.89. The Kier molecular flexibility index (Phi) is 4.87. The Balaban J connectivity index is 1.75. The molecule has 0 aromatic rings. The minimum absolute atomic E-state index is 0.882. The fourth-order valence-electron chi connectivity index (χ4n) is 3.72. The Labute approximate surface area is 107 Å². The molecule has 1 atom stereocenters. The summed E-state index contributed by atoms with van der Waals surface area (Å²) in [7, 11) is 0. The smallest absolute Gasteiger partial charge is 0.0983 e. The van der Waals surface area contributed by atoms with E-state index in [-0.39, 0.29) is 0 Å². The summed E-state index contributed by atoms with van der Waals surface area (Å²) in [6.07, 6.45) is 7.22. The van der Waals surface area contributed by atoms with Crippen molar-refractivity contribution in [1.82, 2.24) is 0 Å². The highest BCUT2D eigenvalue weighted by Crippen LogP contribution is 2.08. The third-order valence-electron chi connectivity index (χ3n) is 5.43. The van der Waals surface area contributed by atoms with Crippen LogP contribution in [-0.4, -0.2) is 38.3 Å². The molecule has 0 unspecified atom stereocenters. The van der Waals surface area contributed by atoms with Crippen molar-refractivity contribution in [3.8, 4) is 0 Å². The second-order valence-electron chi connectivity index (χ2n) is 6.58. The molecular formula is C15H32N2+2. The molecule has 2 heterocycles. The number of nitrogens with one attached hydrogen (secondary N) is 2. The Bertz CT molecular complexity index is 213. The van der Waals surface area contributed by atoms with Crippen LogP contribution in [0.5, 0.6) is 0 Å². The third kappa shape index (κ3) is 3.45. The van der Waals surface area contributed by atoms with Crippen LogP contribution in [0, 0.1) is 5.92 Å². The van der Waals surface area contributed by atoms with E-state index in [2.05, 4.69) is 20.8 Å². The van der Waals surface area contributed by atoms with E-state index in [0.29, 0.717) is 0 Å². The zero-order chi connectivity index (χ0) is 12.3. The summed E-state index contributed by atoms with van der Waals surface area (Å²) >= 11 is 0. The van der Waals surface area contributed by atoms with Gasteiger partial charge in [0.05, 0.1) is 38.3 Å². The number of hydrogen-bond donors (Lipinski definition) is 2. The van der Waals surface area contributed by atoms with Crippen LogP contribution in [-0.2, 0) is 0 Å². The lowest BCUT2D eigenvalue weighted by atomic mass is 9.94. The molecule has 17 heavy (non-hydrogen) atoms. The van der Waals surface area contributed by atoms with Crippen LogP contribution in [0.25, 0.3) is 0 Å². The molecule has 0 radical (unpaired) electrons. The Morgan fingerprint density at radius 2 is 1.59 bits per heavy atom. The molecule has 0 aromatic carbocycles. The normalized spacial score (nSPS) is 41.1. The molecule has 0 aliphatic carbocycles. The standard InChI is InChI=1S/C15H30N2/c1-4-14(3)16-11-7-15(8-12-16)17-9-5-13(2)6-10-17/h13-15H,4-12H2,1-3H3/p+2/t14-/m1/s1. The number of quaternary nitrogens is 2. The highest BCUT2D eigenvalue weighted by Gasteiger charge is 2.33. The summed E-state index contributed by atoms with van der Waals surface area (Å²) in [5.41, 5.74) is 0. The topological polar surface area (TPSA) is 8.88 Å². The largest absolute Gasteiger partial charge is 0.332 e. The molecular weight excluding hydrogens is 208 g/mol. The minimum atomic E-state index is 0.882. The predicted molar refractivity (Wildman–Crippen MR) is 72.6 cm³/mol. The Hall–Kier alpha value is -0.0800. The monoisotopic (exact) mass is 240 g/mol. The van der Waals surface area contributed by atoms with E-state index in [1.54, 1.807) is 0 Å². The second kappa shape index (κ2) is 6.19. The van der Waals surface area contributed by atoms with Gasteiger partial charge in [-0.15, -0.1) is 0 Å². The van der Waals surface area contributed by atoms with Crippen LogP contribution in [0.4, 0.5) is 0 Å². The van der Waals surface area contributed by atoms with Crippen molar-refractivity contribution in [3.63, 3.8) is 0 Å². The van der Waals surface area contributed by atoms with Gasteiger partial charge in [-0.2, -0.15) is 0 Å². The maximum Gasteiger partial charge on any atom is 0.0983 e. The zero-order valence-corrected chi connectivity index (χ0v) is 12.1. The van der Waals surface area contributed by atoms with Gasteiger partial charge in [-0.3, -0.25) is 0 Å². The van der Waals surface area contributed by atoms with Crippen molar-refractivity contribution in [2.45, 2.75) is 65.0 Å². The van der Waals surface area contributed by atoms with Gasteiger partial charge in [0, 0.05) is 12.8 Å². The number of rotatable bonds is 3. The number of likely N-dealkylation sites (tertiary alicyclic amines) is 2. The van der Waals surface area contributed by atoms with E-state index in [0.717, 1.165) is 18.0 Å². The first-order valence-electron chi connectivity index (χ1n) is 7.89. The molecule has 2 aliphatic rings. The van der Waals surface area contributed by atoms with Crippen LogP contribution in [0.1, 0.15) is 52.9 Å².